The number of likely N-dealkylation sites (tertiary alicyclic amines) is 1. The van der Waals surface area contributed by atoms with Crippen LogP contribution < -0.4 is 0 Å². The van der Waals surface area contributed by atoms with E-state index in [-0.39, 0.29) is 24.9 Å². The summed E-state index contributed by atoms with van der Waals surface area (Å²) in [6.45, 7) is 3.19. The van der Waals surface area contributed by atoms with Crippen molar-refractivity contribution in [2.75, 3.05) is 13.7 Å². The normalized spacial score (nSPS) is 41.6. The summed E-state index contributed by atoms with van der Waals surface area (Å²) in [6, 6.07) is 0. The monoisotopic (exact) mass is 297 g/mol. The number of amides is 1. The molecule has 0 saturated carbocycles. The molecule has 120 valence electrons. The van der Waals surface area contributed by atoms with Gasteiger partial charge in [0.2, 0.25) is 5.91 Å². The van der Waals surface area contributed by atoms with Crippen LogP contribution in [0.15, 0.2) is 12.2 Å². The molecule has 0 aromatic heterocycles. The highest BCUT2D eigenvalue weighted by Crippen LogP contribution is 2.47. The topological polar surface area (TPSA) is 81.0 Å². The number of rotatable bonds is 4. The van der Waals surface area contributed by atoms with Crippen LogP contribution in [0.3, 0.4) is 0 Å². The zero-order chi connectivity index (χ0) is 15.8. The molecular formula is C16H27NO4. The lowest BCUT2D eigenvalue weighted by molar-refractivity contribution is -0.138. The summed E-state index contributed by atoms with van der Waals surface area (Å²) in [7, 11) is 1.63. The largest absolute Gasteiger partial charge is 0.396 e. The van der Waals surface area contributed by atoms with Gasteiger partial charge in [-0.15, -0.1) is 0 Å². The zero-order valence-electron chi connectivity index (χ0n) is 13.1. The highest BCUT2D eigenvalue weighted by molar-refractivity contribution is 5.84. The number of likely N-dealkylation sites (N-methyl/N-ethyl adjacent to an activating group) is 1. The van der Waals surface area contributed by atoms with Crippen LogP contribution in [-0.2, 0) is 4.79 Å². The van der Waals surface area contributed by atoms with E-state index >= 15 is 0 Å². The fourth-order valence-electron chi connectivity index (χ4n) is 3.95. The van der Waals surface area contributed by atoms with E-state index in [4.69, 9.17) is 5.11 Å². The van der Waals surface area contributed by atoms with Gasteiger partial charge in [0, 0.05) is 19.6 Å². The van der Waals surface area contributed by atoms with E-state index in [1.165, 1.54) is 4.90 Å². The molecule has 1 saturated heterocycles. The summed E-state index contributed by atoms with van der Waals surface area (Å²) >= 11 is 0. The third-order valence-electron chi connectivity index (χ3n) is 5.72. The SMILES string of the molecule is CN1C(=O)[C@H](CCO)[C@](C)(O)[C@@]1(C)[C@@H](O)[C@@H]1C=CCCC1. The van der Waals surface area contributed by atoms with Crippen LogP contribution in [0.25, 0.3) is 0 Å². The number of hydrogen-bond donors (Lipinski definition) is 3. The first-order valence-electron chi connectivity index (χ1n) is 7.74. The van der Waals surface area contributed by atoms with Gasteiger partial charge in [0.25, 0.3) is 0 Å². The molecule has 0 spiro atoms. The van der Waals surface area contributed by atoms with Gasteiger partial charge in [-0.3, -0.25) is 4.79 Å². The van der Waals surface area contributed by atoms with E-state index in [0.29, 0.717) is 0 Å². The van der Waals surface area contributed by atoms with Crippen LogP contribution >= 0.6 is 0 Å². The Balaban J connectivity index is 2.36. The van der Waals surface area contributed by atoms with Gasteiger partial charge in [-0.1, -0.05) is 12.2 Å². The number of carbonyl (C=O) groups excluding carboxylic acids is 1. The van der Waals surface area contributed by atoms with Crippen molar-refractivity contribution in [2.45, 2.75) is 56.8 Å². The van der Waals surface area contributed by atoms with Gasteiger partial charge in [0.05, 0.1) is 23.2 Å². The number of hydrogen-bond acceptors (Lipinski definition) is 4. The van der Waals surface area contributed by atoms with Crippen molar-refractivity contribution in [3.63, 3.8) is 0 Å². The number of aliphatic hydroxyl groups is 3. The molecule has 1 amide bonds. The third-order valence-corrected chi connectivity index (χ3v) is 5.72. The molecule has 1 heterocycles. The van der Waals surface area contributed by atoms with Crippen LogP contribution in [0.1, 0.15) is 39.5 Å². The van der Waals surface area contributed by atoms with Crippen molar-refractivity contribution in [1.29, 1.82) is 0 Å². The molecule has 2 aliphatic rings. The lowest BCUT2D eigenvalue weighted by Crippen LogP contribution is -2.64. The summed E-state index contributed by atoms with van der Waals surface area (Å²) < 4.78 is 0. The molecule has 5 heteroatoms. The van der Waals surface area contributed by atoms with Crippen molar-refractivity contribution in [1.82, 2.24) is 4.90 Å². The molecule has 0 radical (unpaired) electrons. The first kappa shape index (κ1) is 16.5. The predicted molar refractivity (Wildman–Crippen MR) is 79.5 cm³/mol. The Labute approximate surface area is 126 Å². The van der Waals surface area contributed by atoms with Gasteiger partial charge >= 0.3 is 0 Å². The molecule has 5 nitrogen and oxygen atoms in total. The van der Waals surface area contributed by atoms with Crippen LogP contribution in [0, 0.1) is 11.8 Å². The molecule has 1 aliphatic heterocycles. The van der Waals surface area contributed by atoms with Crippen molar-refractivity contribution < 1.29 is 20.1 Å². The summed E-state index contributed by atoms with van der Waals surface area (Å²) in [5, 5.41) is 31.0. The minimum atomic E-state index is -1.38. The summed E-state index contributed by atoms with van der Waals surface area (Å²) in [6.07, 6.45) is 6.30. The van der Waals surface area contributed by atoms with E-state index in [9.17, 15) is 15.0 Å². The standard InChI is InChI=1S/C16H27NO4/c1-15(13(19)11-7-5-4-6-8-11)16(2,21)12(9-10-18)14(20)17(15)3/h5,7,11-13,18-19,21H,4,6,8-10H2,1-3H3/t11-,12+,13+,15-,16+/m1/s1. The van der Waals surface area contributed by atoms with E-state index < -0.39 is 23.2 Å². The number of carbonyl (C=O) groups is 1. The molecular weight excluding hydrogens is 270 g/mol. The van der Waals surface area contributed by atoms with Gasteiger partial charge < -0.3 is 20.2 Å². The highest BCUT2D eigenvalue weighted by Gasteiger charge is 2.65. The number of allylic oxidation sites excluding steroid dienone is 1. The second-order valence-corrected chi connectivity index (χ2v) is 6.72. The fraction of sp³-hybridized carbons (Fsp3) is 0.812. The van der Waals surface area contributed by atoms with Gasteiger partial charge in [0.1, 0.15) is 0 Å². The average molecular weight is 297 g/mol. The minimum Gasteiger partial charge on any atom is -0.396 e. The van der Waals surface area contributed by atoms with Gasteiger partial charge in [-0.25, -0.2) is 0 Å². The third kappa shape index (κ3) is 2.31. The smallest absolute Gasteiger partial charge is 0.229 e. The number of nitrogens with zero attached hydrogens (tertiary/aromatic N) is 1. The van der Waals surface area contributed by atoms with E-state index in [1.54, 1.807) is 20.9 Å². The quantitative estimate of drug-likeness (QED) is 0.667. The minimum absolute atomic E-state index is 0.0571. The van der Waals surface area contributed by atoms with Crippen molar-refractivity contribution >= 4 is 5.91 Å². The van der Waals surface area contributed by atoms with Crippen LogP contribution in [0.5, 0.6) is 0 Å². The summed E-state index contributed by atoms with van der Waals surface area (Å²) in [5.74, 6) is -0.950. The van der Waals surface area contributed by atoms with E-state index in [2.05, 4.69) is 6.08 Å². The maximum Gasteiger partial charge on any atom is 0.229 e. The lowest BCUT2D eigenvalue weighted by Gasteiger charge is -2.47. The van der Waals surface area contributed by atoms with Crippen LogP contribution in [-0.4, -0.2) is 57.0 Å². The van der Waals surface area contributed by atoms with Crippen LogP contribution in [0.4, 0.5) is 0 Å². The van der Waals surface area contributed by atoms with E-state index in [0.717, 1.165) is 19.3 Å². The van der Waals surface area contributed by atoms with Gasteiger partial charge in [-0.2, -0.15) is 0 Å². The maximum atomic E-state index is 12.4. The zero-order valence-corrected chi connectivity index (χ0v) is 13.1. The Morgan fingerprint density at radius 2 is 2.14 bits per heavy atom. The maximum absolute atomic E-state index is 12.4. The summed E-state index contributed by atoms with van der Waals surface area (Å²) in [5.41, 5.74) is -2.44. The molecule has 0 aromatic rings. The van der Waals surface area contributed by atoms with Crippen molar-refractivity contribution in [2.24, 2.45) is 11.8 Å². The molecule has 0 unspecified atom stereocenters. The Morgan fingerprint density at radius 3 is 2.67 bits per heavy atom. The first-order chi connectivity index (χ1) is 9.78. The average Bonchev–Trinajstić information content (AvgIpc) is 2.61. The second-order valence-electron chi connectivity index (χ2n) is 6.72. The molecule has 2 rings (SSSR count). The number of aliphatic hydroxyl groups excluding tert-OH is 2. The van der Waals surface area contributed by atoms with Gasteiger partial charge in [-0.05, 0) is 39.5 Å². The fourth-order valence-corrected chi connectivity index (χ4v) is 3.95. The lowest BCUT2D eigenvalue weighted by atomic mass is 9.69. The molecule has 21 heavy (non-hydrogen) atoms. The Bertz CT molecular complexity index is 434. The van der Waals surface area contributed by atoms with Crippen molar-refractivity contribution in [3.8, 4) is 0 Å². The van der Waals surface area contributed by atoms with Gasteiger partial charge in [0.15, 0.2) is 0 Å². The Kier molecular flexibility index (Phi) is 4.47. The molecule has 1 aliphatic carbocycles. The van der Waals surface area contributed by atoms with Crippen LogP contribution in [0.2, 0.25) is 0 Å². The molecule has 3 N–H and O–H groups in total. The predicted octanol–water partition coefficient (Wildman–Crippen LogP) is 0.684. The second kappa shape index (κ2) is 5.71. The molecule has 1 fully saturated rings. The summed E-state index contributed by atoms with van der Waals surface area (Å²) in [4.78, 5) is 13.9. The van der Waals surface area contributed by atoms with E-state index in [1.807, 2.05) is 6.08 Å². The Morgan fingerprint density at radius 1 is 1.48 bits per heavy atom. The molecule has 0 bridgehead atoms. The molecule has 5 atom stereocenters. The first-order valence-corrected chi connectivity index (χ1v) is 7.74. The van der Waals surface area contributed by atoms with Crippen molar-refractivity contribution in [3.05, 3.63) is 12.2 Å². The molecule has 0 aromatic carbocycles. The highest BCUT2D eigenvalue weighted by atomic mass is 16.3. The Hall–Kier alpha value is -0.910.